The first-order valence-electron chi connectivity index (χ1n) is 7.43. The number of rotatable bonds is 3. The number of thiocarbonyl (C=S) groups is 1. The molecule has 1 aliphatic rings. The van der Waals surface area contributed by atoms with Crippen LogP contribution in [-0.2, 0) is 0 Å². The van der Waals surface area contributed by atoms with Gasteiger partial charge in [-0.15, -0.1) is 6.58 Å². The fourth-order valence-corrected chi connectivity index (χ4v) is 3.11. The van der Waals surface area contributed by atoms with Crippen molar-refractivity contribution in [1.29, 1.82) is 0 Å². The van der Waals surface area contributed by atoms with Crippen molar-refractivity contribution in [3.63, 3.8) is 0 Å². The third kappa shape index (κ3) is 3.83. The molecule has 0 saturated heterocycles. The second-order valence-electron chi connectivity index (χ2n) is 5.80. The van der Waals surface area contributed by atoms with Gasteiger partial charge in [-0.05, 0) is 56.0 Å². The van der Waals surface area contributed by atoms with Crippen molar-refractivity contribution in [3.8, 4) is 0 Å². The molecule has 1 fully saturated rings. The number of benzene rings is 1. The van der Waals surface area contributed by atoms with Crippen LogP contribution in [0.1, 0.15) is 24.8 Å². The van der Waals surface area contributed by atoms with E-state index in [0.29, 0.717) is 11.0 Å². The lowest BCUT2D eigenvalue weighted by Crippen LogP contribution is -2.49. The summed E-state index contributed by atoms with van der Waals surface area (Å²) in [5.41, 5.74) is 2.17. The molecule has 0 aromatic heterocycles. The molecule has 2 rings (SSSR count). The number of aryl methyl sites for hydroxylation is 1. The number of hydrogen-bond acceptors (Lipinski definition) is 2. The molecule has 3 atom stereocenters. The van der Waals surface area contributed by atoms with Gasteiger partial charge in [-0.1, -0.05) is 24.3 Å². The van der Waals surface area contributed by atoms with Crippen molar-refractivity contribution in [2.24, 2.45) is 5.92 Å². The van der Waals surface area contributed by atoms with Crippen LogP contribution >= 0.6 is 12.2 Å². The van der Waals surface area contributed by atoms with E-state index in [1.54, 1.807) is 0 Å². The summed E-state index contributed by atoms with van der Waals surface area (Å²) in [6, 6.07) is 8.10. The van der Waals surface area contributed by atoms with Gasteiger partial charge in [0.05, 0.1) is 12.1 Å². The summed E-state index contributed by atoms with van der Waals surface area (Å²) in [5.74, 6) is 0.460. The Kier molecular flexibility index (Phi) is 5.37. The highest BCUT2D eigenvalue weighted by molar-refractivity contribution is 7.80. The maximum atomic E-state index is 10.3. The normalized spacial score (nSPS) is 25.2. The predicted octanol–water partition coefficient (Wildman–Crippen LogP) is 3.34. The largest absolute Gasteiger partial charge is 0.391 e. The van der Waals surface area contributed by atoms with Crippen LogP contribution in [0.2, 0.25) is 0 Å². The molecule has 1 aromatic carbocycles. The summed E-state index contributed by atoms with van der Waals surface area (Å²) >= 11 is 5.50. The van der Waals surface area contributed by atoms with Crippen LogP contribution in [0.4, 0.5) is 5.69 Å². The van der Waals surface area contributed by atoms with E-state index in [1.165, 1.54) is 0 Å². The predicted molar refractivity (Wildman–Crippen MR) is 92.5 cm³/mol. The third-order valence-electron chi connectivity index (χ3n) is 4.36. The van der Waals surface area contributed by atoms with Crippen molar-refractivity contribution >= 4 is 23.0 Å². The number of nitrogens with zero attached hydrogens (tertiary/aromatic N) is 1. The van der Waals surface area contributed by atoms with Gasteiger partial charge in [0.1, 0.15) is 0 Å². The summed E-state index contributed by atoms with van der Waals surface area (Å²) in [6.45, 7) is 5.93. The van der Waals surface area contributed by atoms with E-state index in [0.717, 1.165) is 30.5 Å². The zero-order valence-corrected chi connectivity index (χ0v) is 13.6. The van der Waals surface area contributed by atoms with Crippen molar-refractivity contribution in [1.82, 2.24) is 4.90 Å². The molecule has 0 radical (unpaired) electrons. The Balaban J connectivity index is 2.04. The minimum atomic E-state index is -0.331. The third-order valence-corrected chi connectivity index (χ3v) is 4.75. The topological polar surface area (TPSA) is 35.5 Å². The molecule has 1 saturated carbocycles. The van der Waals surface area contributed by atoms with E-state index >= 15 is 0 Å². The standard InChI is InChI=1S/C17H24N2OS/c1-4-13-9-10-16(20)15(11-13)19(3)17(21)18-14-8-6-5-7-12(14)2/h4-8,13,15-16,20H,1,9-11H2,2-3H3,(H,18,21)/t13-,15+,16-/m0/s1. The van der Waals surface area contributed by atoms with Gasteiger partial charge in [-0.2, -0.15) is 0 Å². The molecule has 0 amide bonds. The van der Waals surface area contributed by atoms with Crippen LogP contribution in [0.25, 0.3) is 0 Å². The molecule has 4 heteroatoms. The number of nitrogens with one attached hydrogen (secondary N) is 1. The summed E-state index contributed by atoms with van der Waals surface area (Å²) in [4.78, 5) is 1.99. The van der Waals surface area contributed by atoms with Crippen molar-refractivity contribution in [2.45, 2.75) is 38.3 Å². The molecular weight excluding hydrogens is 280 g/mol. The van der Waals surface area contributed by atoms with Gasteiger partial charge in [0.25, 0.3) is 0 Å². The van der Waals surface area contributed by atoms with Gasteiger partial charge in [0, 0.05) is 12.7 Å². The van der Waals surface area contributed by atoms with Gasteiger partial charge in [0.15, 0.2) is 5.11 Å². The van der Waals surface area contributed by atoms with Crippen molar-refractivity contribution in [2.75, 3.05) is 12.4 Å². The molecule has 1 aromatic rings. The molecule has 0 heterocycles. The Labute approximate surface area is 132 Å². The number of allylic oxidation sites excluding steroid dienone is 1. The lowest BCUT2D eigenvalue weighted by molar-refractivity contribution is 0.0483. The lowest BCUT2D eigenvalue weighted by Gasteiger charge is -2.39. The van der Waals surface area contributed by atoms with E-state index in [4.69, 9.17) is 12.2 Å². The molecule has 0 spiro atoms. The van der Waals surface area contributed by atoms with Gasteiger partial charge >= 0.3 is 0 Å². The second kappa shape index (κ2) is 7.05. The molecule has 0 unspecified atom stereocenters. The van der Waals surface area contributed by atoms with Crippen LogP contribution in [0.5, 0.6) is 0 Å². The number of hydrogen-bond donors (Lipinski definition) is 2. The summed E-state index contributed by atoms with van der Waals surface area (Å²) < 4.78 is 0. The molecule has 2 N–H and O–H groups in total. The highest BCUT2D eigenvalue weighted by atomic mass is 32.1. The number of aliphatic hydroxyl groups excluding tert-OH is 1. The number of likely N-dealkylation sites (N-methyl/N-ethyl adjacent to an activating group) is 1. The number of para-hydroxylation sites is 1. The SMILES string of the molecule is C=C[C@H]1CC[C@H](O)[C@H](N(C)C(=S)Nc2ccccc2C)C1. The van der Waals surface area contributed by atoms with Crippen LogP contribution in [0, 0.1) is 12.8 Å². The summed E-state index contributed by atoms with van der Waals surface area (Å²) in [6.07, 6.45) is 4.37. The molecule has 0 bridgehead atoms. The first kappa shape index (κ1) is 16.0. The zero-order valence-electron chi connectivity index (χ0n) is 12.7. The second-order valence-corrected chi connectivity index (χ2v) is 6.19. The van der Waals surface area contributed by atoms with Gasteiger partial charge in [-0.25, -0.2) is 0 Å². The Morgan fingerprint density at radius 2 is 2.14 bits per heavy atom. The molecule has 0 aliphatic heterocycles. The average molecular weight is 304 g/mol. The van der Waals surface area contributed by atoms with Crippen LogP contribution in [-0.4, -0.2) is 34.3 Å². The van der Waals surface area contributed by atoms with Gasteiger partial charge in [0.2, 0.25) is 0 Å². The Bertz CT molecular complexity index is 517. The van der Waals surface area contributed by atoms with E-state index in [1.807, 2.05) is 49.2 Å². The maximum absolute atomic E-state index is 10.3. The highest BCUT2D eigenvalue weighted by Gasteiger charge is 2.31. The average Bonchev–Trinajstić information content (AvgIpc) is 2.49. The van der Waals surface area contributed by atoms with Crippen LogP contribution in [0.15, 0.2) is 36.9 Å². The quantitative estimate of drug-likeness (QED) is 0.663. The molecule has 1 aliphatic carbocycles. The van der Waals surface area contributed by atoms with Crippen molar-refractivity contribution in [3.05, 3.63) is 42.5 Å². The monoisotopic (exact) mass is 304 g/mol. The minimum absolute atomic E-state index is 0.0470. The minimum Gasteiger partial charge on any atom is -0.391 e. The molecule has 114 valence electrons. The fourth-order valence-electron chi connectivity index (χ4n) is 2.86. The van der Waals surface area contributed by atoms with E-state index < -0.39 is 0 Å². The van der Waals surface area contributed by atoms with E-state index in [9.17, 15) is 5.11 Å². The maximum Gasteiger partial charge on any atom is 0.173 e. The first-order valence-corrected chi connectivity index (χ1v) is 7.83. The Morgan fingerprint density at radius 1 is 1.43 bits per heavy atom. The van der Waals surface area contributed by atoms with Crippen molar-refractivity contribution < 1.29 is 5.11 Å². The van der Waals surface area contributed by atoms with Gasteiger partial charge < -0.3 is 15.3 Å². The van der Waals surface area contributed by atoms with Crippen LogP contribution in [0.3, 0.4) is 0 Å². The first-order chi connectivity index (χ1) is 10.0. The zero-order chi connectivity index (χ0) is 15.4. The molecule has 21 heavy (non-hydrogen) atoms. The smallest absolute Gasteiger partial charge is 0.173 e. The summed E-state index contributed by atoms with van der Waals surface area (Å²) in [7, 11) is 1.95. The number of aliphatic hydroxyl groups is 1. The fraction of sp³-hybridized carbons (Fsp3) is 0.471. The lowest BCUT2D eigenvalue weighted by atomic mass is 9.83. The molecular formula is C17H24N2OS. The Hall–Kier alpha value is -1.39. The van der Waals surface area contributed by atoms with E-state index in [-0.39, 0.29) is 12.1 Å². The highest BCUT2D eigenvalue weighted by Crippen LogP contribution is 2.28. The van der Waals surface area contributed by atoms with E-state index in [2.05, 4.69) is 11.9 Å². The Morgan fingerprint density at radius 3 is 2.81 bits per heavy atom. The molecule has 3 nitrogen and oxygen atoms in total. The number of anilines is 1. The summed E-state index contributed by atoms with van der Waals surface area (Å²) in [5, 5.41) is 14.2. The van der Waals surface area contributed by atoms with Gasteiger partial charge in [-0.3, -0.25) is 0 Å². The van der Waals surface area contributed by atoms with Crippen LogP contribution < -0.4 is 5.32 Å².